The van der Waals surface area contributed by atoms with Gasteiger partial charge in [-0.25, -0.2) is 0 Å². The van der Waals surface area contributed by atoms with E-state index in [9.17, 15) is 4.79 Å². The van der Waals surface area contributed by atoms with Crippen LogP contribution in [0.4, 0.5) is 0 Å². The number of amides is 1. The molecule has 1 saturated heterocycles. The average molecular weight is 379 g/mol. The highest BCUT2D eigenvalue weighted by atomic mass is 16.2. The van der Waals surface area contributed by atoms with E-state index < -0.39 is 0 Å². The number of carbonyl (C=O) groups excluding carboxylic acids is 1. The van der Waals surface area contributed by atoms with Crippen LogP contribution in [0.2, 0.25) is 0 Å². The predicted molar refractivity (Wildman–Crippen MR) is 113 cm³/mol. The second kappa shape index (κ2) is 6.73. The molecule has 5 aliphatic rings. The molecule has 3 atom stereocenters. The van der Waals surface area contributed by atoms with Gasteiger partial charge in [-0.3, -0.25) is 4.79 Å². The number of piperidine rings is 1. The Kier molecular flexibility index (Phi) is 4.42. The highest BCUT2D eigenvalue weighted by Crippen LogP contribution is 2.67. The summed E-state index contributed by atoms with van der Waals surface area (Å²) in [7, 11) is 0. The second-order valence-corrected chi connectivity index (χ2v) is 10.1. The predicted octanol–water partition coefficient (Wildman–Crippen LogP) is 4.42. The third-order valence-electron chi connectivity index (χ3n) is 8.19. The van der Waals surface area contributed by atoms with Crippen LogP contribution in [0.15, 0.2) is 42.0 Å². The van der Waals surface area contributed by atoms with E-state index >= 15 is 0 Å². The molecule has 5 fully saturated rings. The van der Waals surface area contributed by atoms with Crippen molar-refractivity contribution in [2.75, 3.05) is 13.1 Å². The molecule has 3 nitrogen and oxygen atoms in total. The molecule has 4 bridgehead atoms. The third-order valence-corrected chi connectivity index (χ3v) is 8.19. The van der Waals surface area contributed by atoms with E-state index in [-0.39, 0.29) is 16.9 Å². The monoisotopic (exact) mass is 378 g/mol. The molecule has 150 valence electrons. The molecule has 1 aromatic rings. The van der Waals surface area contributed by atoms with E-state index in [0.717, 1.165) is 51.6 Å². The summed E-state index contributed by atoms with van der Waals surface area (Å²) in [5, 5.41) is 0. The molecule has 2 N–H and O–H groups in total. The minimum Gasteiger partial charge on any atom is -0.341 e. The Hall–Kier alpha value is -1.61. The van der Waals surface area contributed by atoms with Crippen molar-refractivity contribution in [2.24, 2.45) is 23.0 Å². The van der Waals surface area contributed by atoms with E-state index in [0.29, 0.717) is 17.7 Å². The second-order valence-electron chi connectivity index (χ2n) is 10.1. The van der Waals surface area contributed by atoms with Crippen LogP contribution in [0.25, 0.3) is 0 Å². The first kappa shape index (κ1) is 18.4. The van der Waals surface area contributed by atoms with Crippen molar-refractivity contribution in [3.63, 3.8) is 0 Å². The standard InChI is InChI=1S/C25H34N2O/c1-2-7-22-18-12-24(20-8-4-3-5-9-20)13-19(22)15-25(14-18,17-24)23(28)27-11-6-10-21(26)16-27/h3-5,7-9,18-19,21H,2,6,10-17,26H2,1H3/t18?,19?,21-,24?,25?/m0/s1. The molecule has 1 amide bonds. The van der Waals surface area contributed by atoms with Crippen molar-refractivity contribution < 1.29 is 4.79 Å². The zero-order valence-corrected chi connectivity index (χ0v) is 17.2. The molecule has 4 saturated carbocycles. The van der Waals surface area contributed by atoms with Gasteiger partial charge in [-0.2, -0.15) is 0 Å². The molecule has 0 aromatic heterocycles. The molecule has 0 radical (unpaired) electrons. The number of allylic oxidation sites excluding steroid dienone is 2. The van der Waals surface area contributed by atoms with Crippen molar-refractivity contribution in [1.29, 1.82) is 0 Å². The van der Waals surface area contributed by atoms with Crippen molar-refractivity contribution in [3.05, 3.63) is 47.5 Å². The summed E-state index contributed by atoms with van der Waals surface area (Å²) in [6, 6.07) is 11.2. The molecular formula is C25H34N2O. The summed E-state index contributed by atoms with van der Waals surface area (Å²) >= 11 is 0. The van der Waals surface area contributed by atoms with Crippen LogP contribution < -0.4 is 5.73 Å². The lowest BCUT2D eigenvalue weighted by atomic mass is 9.41. The number of hydrogen-bond acceptors (Lipinski definition) is 2. The first-order valence-corrected chi connectivity index (χ1v) is 11.4. The van der Waals surface area contributed by atoms with Gasteiger partial charge in [-0.05, 0) is 74.2 Å². The van der Waals surface area contributed by atoms with Crippen LogP contribution in [0.5, 0.6) is 0 Å². The van der Waals surface area contributed by atoms with Gasteiger partial charge in [0.1, 0.15) is 0 Å². The Bertz CT molecular complexity index is 765. The largest absolute Gasteiger partial charge is 0.341 e. The maximum Gasteiger partial charge on any atom is 0.228 e. The molecule has 0 spiro atoms. The zero-order valence-electron chi connectivity index (χ0n) is 17.2. The van der Waals surface area contributed by atoms with Gasteiger partial charge in [0.05, 0.1) is 5.41 Å². The van der Waals surface area contributed by atoms with Gasteiger partial charge in [0.15, 0.2) is 0 Å². The van der Waals surface area contributed by atoms with Gasteiger partial charge in [-0.1, -0.05) is 48.9 Å². The van der Waals surface area contributed by atoms with Gasteiger partial charge in [-0.15, -0.1) is 0 Å². The van der Waals surface area contributed by atoms with Gasteiger partial charge >= 0.3 is 0 Å². The van der Waals surface area contributed by atoms with Crippen molar-refractivity contribution in [2.45, 2.75) is 69.7 Å². The lowest BCUT2D eigenvalue weighted by Crippen LogP contribution is -2.61. The summed E-state index contributed by atoms with van der Waals surface area (Å²) < 4.78 is 0. The molecule has 6 rings (SSSR count). The average Bonchev–Trinajstić information content (AvgIpc) is 2.70. The first-order valence-electron chi connectivity index (χ1n) is 11.4. The molecule has 1 aromatic carbocycles. The fourth-order valence-electron chi connectivity index (χ4n) is 7.42. The Morgan fingerprint density at radius 2 is 1.89 bits per heavy atom. The third kappa shape index (κ3) is 2.77. The van der Waals surface area contributed by atoms with E-state index in [1.165, 1.54) is 18.4 Å². The van der Waals surface area contributed by atoms with Crippen molar-refractivity contribution >= 4 is 5.91 Å². The molecule has 1 heterocycles. The maximum atomic E-state index is 13.9. The summed E-state index contributed by atoms with van der Waals surface area (Å²) in [5.74, 6) is 1.60. The molecule has 1 aliphatic heterocycles. The summed E-state index contributed by atoms with van der Waals surface area (Å²) in [6.45, 7) is 3.91. The van der Waals surface area contributed by atoms with Crippen LogP contribution in [-0.2, 0) is 10.2 Å². The fraction of sp³-hybridized carbons (Fsp3) is 0.640. The number of hydrogen-bond donors (Lipinski definition) is 1. The SMILES string of the molecule is CCC=C1C2CC3(C(=O)N4CCC[C@H](N)C4)CC1CC(c1ccccc1)(C2)C3. The summed E-state index contributed by atoms with van der Waals surface area (Å²) in [5.41, 5.74) is 9.39. The van der Waals surface area contributed by atoms with Crippen LogP contribution in [0.3, 0.4) is 0 Å². The molecular weight excluding hydrogens is 344 g/mol. The van der Waals surface area contributed by atoms with E-state index in [2.05, 4.69) is 48.2 Å². The summed E-state index contributed by atoms with van der Waals surface area (Å²) in [4.78, 5) is 16.0. The van der Waals surface area contributed by atoms with E-state index in [1.807, 2.05) is 0 Å². The normalized spacial score (nSPS) is 39.3. The highest BCUT2D eigenvalue weighted by Gasteiger charge is 2.63. The molecule has 4 aliphatic carbocycles. The number of rotatable bonds is 3. The first-order chi connectivity index (χ1) is 13.6. The number of nitrogens with two attached hydrogens (primary N) is 1. The topological polar surface area (TPSA) is 46.3 Å². The Morgan fingerprint density at radius 1 is 1.18 bits per heavy atom. The van der Waals surface area contributed by atoms with E-state index in [1.54, 1.807) is 5.57 Å². The molecule has 3 heteroatoms. The van der Waals surface area contributed by atoms with Crippen LogP contribution in [0.1, 0.15) is 63.9 Å². The Morgan fingerprint density at radius 3 is 2.54 bits per heavy atom. The lowest BCUT2D eigenvalue weighted by molar-refractivity contribution is -0.156. The smallest absolute Gasteiger partial charge is 0.228 e. The number of benzene rings is 1. The van der Waals surface area contributed by atoms with E-state index in [4.69, 9.17) is 5.73 Å². The molecule has 28 heavy (non-hydrogen) atoms. The highest BCUT2D eigenvalue weighted by molar-refractivity contribution is 5.84. The van der Waals surface area contributed by atoms with Crippen molar-refractivity contribution in [1.82, 2.24) is 4.90 Å². The summed E-state index contributed by atoms with van der Waals surface area (Å²) in [6.07, 6.45) is 11.3. The zero-order chi connectivity index (χ0) is 19.4. The Labute approximate surface area is 169 Å². The van der Waals surface area contributed by atoms with Gasteiger partial charge in [0.2, 0.25) is 5.91 Å². The number of nitrogens with zero attached hydrogens (tertiary/aromatic N) is 1. The minimum absolute atomic E-state index is 0.158. The number of likely N-dealkylation sites (tertiary alicyclic amines) is 1. The molecule has 2 unspecified atom stereocenters. The van der Waals surface area contributed by atoms with Crippen LogP contribution in [0, 0.1) is 17.3 Å². The van der Waals surface area contributed by atoms with Crippen LogP contribution in [-0.4, -0.2) is 29.9 Å². The lowest BCUT2D eigenvalue weighted by Gasteiger charge is -2.63. The minimum atomic E-state index is -0.163. The Balaban J connectivity index is 1.53. The van der Waals surface area contributed by atoms with Gasteiger partial charge in [0.25, 0.3) is 0 Å². The van der Waals surface area contributed by atoms with Crippen LogP contribution >= 0.6 is 0 Å². The quantitative estimate of drug-likeness (QED) is 0.792. The van der Waals surface area contributed by atoms with Gasteiger partial charge < -0.3 is 10.6 Å². The maximum absolute atomic E-state index is 13.9. The van der Waals surface area contributed by atoms with Crippen molar-refractivity contribution in [3.8, 4) is 0 Å². The fourth-order valence-corrected chi connectivity index (χ4v) is 7.42. The van der Waals surface area contributed by atoms with Gasteiger partial charge in [0, 0.05) is 19.1 Å². The number of carbonyl (C=O) groups is 1.